The van der Waals surface area contributed by atoms with E-state index in [1.165, 1.54) is 12.1 Å². The molecule has 98 valence electrons. The maximum absolute atomic E-state index is 11.4. The van der Waals surface area contributed by atoms with Gasteiger partial charge in [0.1, 0.15) is 6.54 Å². The van der Waals surface area contributed by atoms with Gasteiger partial charge in [-0.1, -0.05) is 0 Å². The van der Waals surface area contributed by atoms with Crippen molar-refractivity contribution in [3.05, 3.63) is 36.0 Å². The number of carboxylic acid groups (broad SMARTS) is 1. The van der Waals surface area contributed by atoms with Crippen molar-refractivity contribution >= 4 is 28.8 Å². The number of amides is 3. The summed E-state index contributed by atoms with van der Waals surface area (Å²) < 4.78 is 1.60. The highest BCUT2D eigenvalue weighted by molar-refractivity contribution is 5.95. The van der Waals surface area contributed by atoms with Crippen LogP contribution in [0.2, 0.25) is 0 Å². The van der Waals surface area contributed by atoms with E-state index in [0.29, 0.717) is 10.9 Å². The number of benzene rings is 1. The summed E-state index contributed by atoms with van der Waals surface area (Å²) in [4.78, 5) is 32.8. The van der Waals surface area contributed by atoms with Crippen LogP contribution in [0.5, 0.6) is 0 Å². The molecule has 3 amide bonds. The van der Waals surface area contributed by atoms with Gasteiger partial charge in [-0.3, -0.25) is 10.1 Å². The van der Waals surface area contributed by atoms with Crippen LogP contribution in [-0.4, -0.2) is 27.6 Å². The van der Waals surface area contributed by atoms with Gasteiger partial charge in [-0.15, -0.1) is 0 Å². The summed E-state index contributed by atoms with van der Waals surface area (Å²) in [5, 5.41) is 11.5. The molecule has 2 rings (SSSR count). The highest BCUT2D eigenvalue weighted by Gasteiger charge is 2.09. The number of aromatic nitrogens is 1. The molecule has 19 heavy (non-hydrogen) atoms. The first-order valence-corrected chi connectivity index (χ1v) is 5.39. The molecule has 1 aromatic carbocycles. The average molecular weight is 261 g/mol. The Hall–Kier alpha value is -2.83. The topological polar surface area (TPSA) is 114 Å². The number of nitrogens with zero attached hydrogens (tertiary/aromatic N) is 1. The number of hydrogen-bond donors (Lipinski definition) is 3. The number of primary amides is 1. The molecular weight excluding hydrogens is 250 g/mol. The van der Waals surface area contributed by atoms with Crippen LogP contribution in [0.4, 0.5) is 4.79 Å². The third-order valence-electron chi connectivity index (χ3n) is 2.59. The fraction of sp³-hybridized carbons (Fsp3) is 0.0833. The number of hydrogen-bond acceptors (Lipinski definition) is 3. The van der Waals surface area contributed by atoms with Crippen molar-refractivity contribution in [3.8, 4) is 0 Å². The fourth-order valence-corrected chi connectivity index (χ4v) is 1.80. The molecule has 1 aromatic heterocycles. The van der Waals surface area contributed by atoms with Crippen molar-refractivity contribution < 1.29 is 19.5 Å². The summed E-state index contributed by atoms with van der Waals surface area (Å²) in [6.07, 6.45) is 1.64. The van der Waals surface area contributed by atoms with E-state index in [1.807, 2.05) is 5.32 Å². The average Bonchev–Trinajstić information content (AvgIpc) is 2.70. The first kappa shape index (κ1) is 12.6. The van der Waals surface area contributed by atoms with E-state index in [4.69, 9.17) is 10.8 Å². The normalized spacial score (nSPS) is 10.3. The summed E-state index contributed by atoms with van der Waals surface area (Å²) in [5.41, 5.74) is 5.71. The highest BCUT2D eigenvalue weighted by Crippen LogP contribution is 2.17. The molecule has 2 aromatic rings. The second kappa shape index (κ2) is 4.81. The van der Waals surface area contributed by atoms with Gasteiger partial charge in [0, 0.05) is 17.1 Å². The Morgan fingerprint density at radius 2 is 2.00 bits per heavy atom. The van der Waals surface area contributed by atoms with Gasteiger partial charge < -0.3 is 15.4 Å². The van der Waals surface area contributed by atoms with Crippen molar-refractivity contribution in [3.63, 3.8) is 0 Å². The fourth-order valence-electron chi connectivity index (χ4n) is 1.80. The Labute approximate surface area is 107 Å². The Morgan fingerprint density at radius 3 is 2.63 bits per heavy atom. The number of nitrogens with one attached hydrogen (secondary N) is 1. The predicted molar refractivity (Wildman–Crippen MR) is 66.6 cm³/mol. The monoisotopic (exact) mass is 261 g/mol. The van der Waals surface area contributed by atoms with E-state index in [-0.39, 0.29) is 12.1 Å². The van der Waals surface area contributed by atoms with Crippen molar-refractivity contribution in [1.82, 2.24) is 9.88 Å². The minimum atomic E-state index is -1.01. The van der Waals surface area contributed by atoms with E-state index < -0.39 is 17.9 Å². The van der Waals surface area contributed by atoms with Gasteiger partial charge in [-0.2, -0.15) is 0 Å². The molecule has 0 fully saturated rings. The number of carbonyl (C=O) groups excluding carboxylic acids is 2. The number of carbonyl (C=O) groups is 3. The molecular formula is C12H11N3O4. The van der Waals surface area contributed by atoms with Crippen LogP contribution in [-0.2, 0) is 11.3 Å². The first-order chi connectivity index (χ1) is 8.97. The van der Waals surface area contributed by atoms with E-state index >= 15 is 0 Å². The lowest BCUT2D eigenvalue weighted by molar-refractivity contribution is -0.120. The van der Waals surface area contributed by atoms with E-state index in [0.717, 1.165) is 0 Å². The maximum atomic E-state index is 11.4. The van der Waals surface area contributed by atoms with Crippen molar-refractivity contribution in [2.75, 3.05) is 0 Å². The molecule has 0 saturated heterocycles. The van der Waals surface area contributed by atoms with Gasteiger partial charge in [-0.05, 0) is 24.3 Å². The van der Waals surface area contributed by atoms with Crippen LogP contribution in [0.3, 0.4) is 0 Å². The Balaban J connectivity index is 2.28. The Morgan fingerprint density at radius 1 is 1.26 bits per heavy atom. The van der Waals surface area contributed by atoms with Crippen molar-refractivity contribution in [2.45, 2.75) is 6.54 Å². The summed E-state index contributed by atoms with van der Waals surface area (Å²) >= 11 is 0. The second-order valence-corrected chi connectivity index (χ2v) is 3.93. The molecule has 7 nitrogen and oxygen atoms in total. The zero-order valence-corrected chi connectivity index (χ0v) is 9.79. The molecule has 0 atom stereocenters. The largest absolute Gasteiger partial charge is 0.478 e. The van der Waals surface area contributed by atoms with Crippen LogP contribution in [0.15, 0.2) is 30.5 Å². The Bertz CT molecular complexity index is 675. The van der Waals surface area contributed by atoms with Gasteiger partial charge in [0.15, 0.2) is 0 Å². The van der Waals surface area contributed by atoms with Gasteiger partial charge in [0.2, 0.25) is 5.91 Å². The number of aromatic carboxylic acids is 1. The van der Waals surface area contributed by atoms with Gasteiger partial charge in [-0.25, -0.2) is 9.59 Å². The number of imide groups is 1. The van der Waals surface area contributed by atoms with E-state index in [1.54, 1.807) is 22.9 Å². The zero-order chi connectivity index (χ0) is 14.0. The molecule has 0 radical (unpaired) electrons. The standard InChI is InChI=1S/C12H11N3O4/c13-12(19)14-10(16)6-15-4-3-7-5-8(11(17)18)1-2-9(7)15/h1-5H,6H2,(H,17,18)(H3,13,14,16,19). The quantitative estimate of drug-likeness (QED) is 0.747. The predicted octanol–water partition coefficient (Wildman–Crippen LogP) is 0.534. The van der Waals surface area contributed by atoms with Gasteiger partial charge >= 0.3 is 12.0 Å². The maximum Gasteiger partial charge on any atom is 0.335 e. The van der Waals surface area contributed by atoms with Crippen LogP contribution in [0.1, 0.15) is 10.4 Å². The molecule has 0 aliphatic rings. The minimum absolute atomic E-state index is 0.0706. The highest BCUT2D eigenvalue weighted by atomic mass is 16.4. The number of fused-ring (bicyclic) bond motifs is 1. The molecule has 0 unspecified atom stereocenters. The molecule has 7 heteroatoms. The van der Waals surface area contributed by atoms with E-state index in [9.17, 15) is 14.4 Å². The van der Waals surface area contributed by atoms with Crippen LogP contribution in [0.25, 0.3) is 10.9 Å². The lowest BCUT2D eigenvalue weighted by Gasteiger charge is -2.05. The molecule has 1 heterocycles. The third-order valence-corrected chi connectivity index (χ3v) is 2.59. The number of urea groups is 1. The van der Waals surface area contributed by atoms with E-state index in [2.05, 4.69) is 0 Å². The summed E-state index contributed by atoms with van der Waals surface area (Å²) in [5.74, 6) is -1.55. The number of carboxylic acids is 1. The summed E-state index contributed by atoms with van der Waals surface area (Å²) in [7, 11) is 0. The van der Waals surface area contributed by atoms with Crippen LogP contribution >= 0.6 is 0 Å². The van der Waals surface area contributed by atoms with Crippen LogP contribution in [0, 0.1) is 0 Å². The molecule has 0 aliphatic heterocycles. The Kier molecular flexibility index (Phi) is 3.19. The lowest BCUT2D eigenvalue weighted by atomic mass is 10.1. The number of rotatable bonds is 3. The zero-order valence-electron chi connectivity index (χ0n) is 9.79. The summed E-state index contributed by atoms with van der Waals surface area (Å²) in [6, 6.07) is 5.36. The van der Waals surface area contributed by atoms with Crippen LogP contribution < -0.4 is 11.1 Å². The second-order valence-electron chi connectivity index (χ2n) is 3.93. The van der Waals surface area contributed by atoms with Gasteiger partial charge in [0.05, 0.1) is 5.56 Å². The molecule has 4 N–H and O–H groups in total. The molecule has 0 bridgehead atoms. The number of nitrogens with two attached hydrogens (primary N) is 1. The third kappa shape index (κ3) is 2.71. The molecule has 0 aliphatic carbocycles. The molecule has 0 spiro atoms. The lowest BCUT2D eigenvalue weighted by Crippen LogP contribution is -2.37. The summed E-state index contributed by atoms with van der Waals surface area (Å²) in [6.45, 7) is -0.0706. The smallest absolute Gasteiger partial charge is 0.335 e. The minimum Gasteiger partial charge on any atom is -0.478 e. The molecule has 0 saturated carbocycles. The SMILES string of the molecule is NC(=O)NC(=O)Cn1ccc2cc(C(=O)O)ccc21. The van der Waals surface area contributed by atoms with Crippen molar-refractivity contribution in [2.24, 2.45) is 5.73 Å². The first-order valence-electron chi connectivity index (χ1n) is 5.39. The van der Waals surface area contributed by atoms with Crippen molar-refractivity contribution in [1.29, 1.82) is 0 Å². The van der Waals surface area contributed by atoms with Gasteiger partial charge in [0.25, 0.3) is 0 Å².